The second kappa shape index (κ2) is 6.84. The van der Waals surface area contributed by atoms with Crippen LogP contribution in [0.2, 0.25) is 5.02 Å². The molecule has 3 aromatic rings. The molecule has 0 aliphatic carbocycles. The number of aryl methyl sites for hydroxylation is 1. The summed E-state index contributed by atoms with van der Waals surface area (Å²) in [5, 5.41) is 4.40. The molecule has 0 fully saturated rings. The lowest BCUT2D eigenvalue weighted by Crippen LogP contribution is -2.26. The van der Waals surface area contributed by atoms with Crippen molar-refractivity contribution >= 4 is 17.5 Å². The summed E-state index contributed by atoms with van der Waals surface area (Å²) in [6.07, 6.45) is 0. The number of carbonyl (C=O) groups excluding carboxylic acids is 1. The molecule has 0 bridgehead atoms. The zero-order valence-corrected chi connectivity index (χ0v) is 14.1. The minimum Gasteiger partial charge on any atom is -0.337 e. The van der Waals surface area contributed by atoms with Gasteiger partial charge in [-0.15, -0.1) is 0 Å². The van der Waals surface area contributed by atoms with E-state index in [1.54, 1.807) is 31.3 Å². The van der Waals surface area contributed by atoms with Gasteiger partial charge in [0.15, 0.2) is 0 Å². The summed E-state index contributed by atoms with van der Waals surface area (Å²) < 4.78 is 5.26. The van der Waals surface area contributed by atoms with E-state index in [0.29, 0.717) is 22.3 Å². The van der Waals surface area contributed by atoms with Gasteiger partial charge in [0.05, 0.1) is 17.1 Å². The Labute approximate surface area is 144 Å². The lowest BCUT2D eigenvalue weighted by Gasteiger charge is -2.15. The fourth-order valence-electron chi connectivity index (χ4n) is 2.34. The molecule has 0 saturated heterocycles. The van der Waals surface area contributed by atoms with Gasteiger partial charge in [0.1, 0.15) is 0 Å². The Morgan fingerprint density at radius 3 is 2.75 bits per heavy atom. The molecule has 1 amide bonds. The molecule has 5 nitrogen and oxygen atoms in total. The Kier molecular flexibility index (Phi) is 4.62. The van der Waals surface area contributed by atoms with E-state index in [1.807, 2.05) is 31.2 Å². The van der Waals surface area contributed by atoms with E-state index in [-0.39, 0.29) is 12.5 Å². The molecule has 24 heavy (non-hydrogen) atoms. The van der Waals surface area contributed by atoms with Crippen LogP contribution in [0.25, 0.3) is 11.4 Å². The minimum absolute atomic E-state index is 0.198. The summed E-state index contributed by atoms with van der Waals surface area (Å²) in [4.78, 5) is 18.3. The van der Waals surface area contributed by atoms with Crippen LogP contribution in [-0.4, -0.2) is 28.0 Å². The topological polar surface area (TPSA) is 59.2 Å². The highest BCUT2D eigenvalue weighted by Crippen LogP contribution is 2.19. The van der Waals surface area contributed by atoms with Gasteiger partial charge in [-0.2, -0.15) is 4.98 Å². The van der Waals surface area contributed by atoms with Crippen LogP contribution in [0.4, 0.5) is 0 Å². The molecule has 0 spiro atoms. The van der Waals surface area contributed by atoms with E-state index >= 15 is 0 Å². The maximum atomic E-state index is 12.4. The van der Waals surface area contributed by atoms with Crippen LogP contribution in [0.15, 0.2) is 53.1 Å². The number of carbonyl (C=O) groups is 1. The zero-order valence-electron chi connectivity index (χ0n) is 13.4. The number of nitrogens with zero attached hydrogens (tertiary/aromatic N) is 3. The first kappa shape index (κ1) is 16.2. The predicted molar refractivity (Wildman–Crippen MR) is 91.7 cm³/mol. The van der Waals surface area contributed by atoms with Crippen LogP contribution < -0.4 is 0 Å². The number of benzene rings is 2. The average Bonchev–Trinajstić information content (AvgIpc) is 3.03. The van der Waals surface area contributed by atoms with Crippen molar-refractivity contribution in [1.29, 1.82) is 0 Å². The standard InChI is InChI=1S/C18H16ClN3O2/c1-12-6-5-7-13(10-12)17-20-16(24-21-17)11-22(2)18(23)14-8-3-4-9-15(14)19/h3-10H,11H2,1-2H3. The summed E-state index contributed by atoms with van der Waals surface area (Å²) >= 11 is 6.07. The monoisotopic (exact) mass is 341 g/mol. The van der Waals surface area contributed by atoms with Crippen LogP contribution in [0.5, 0.6) is 0 Å². The van der Waals surface area contributed by atoms with Gasteiger partial charge in [0, 0.05) is 12.6 Å². The van der Waals surface area contributed by atoms with Crippen LogP contribution >= 0.6 is 11.6 Å². The second-order valence-electron chi connectivity index (χ2n) is 5.52. The molecular formula is C18H16ClN3O2. The number of halogens is 1. The van der Waals surface area contributed by atoms with Gasteiger partial charge in [0.2, 0.25) is 11.7 Å². The Bertz CT molecular complexity index is 876. The first-order valence-corrected chi connectivity index (χ1v) is 7.82. The van der Waals surface area contributed by atoms with Crippen molar-refractivity contribution < 1.29 is 9.32 Å². The van der Waals surface area contributed by atoms with Crippen molar-refractivity contribution in [2.45, 2.75) is 13.5 Å². The summed E-state index contributed by atoms with van der Waals surface area (Å²) in [7, 11) is 1.67. The molecule has 122 valence electrons. The number of aromatic nitrogens is 2. The van der Waals surface area contributed by atoms with Crippen LogP contribution in [0.3, 0.4) is 0 Å². The number of rotatable bonds is 4. The Morgan fingerprint density at radius 2 is 2.00 bits per heavy atom. The third kappa shape index (κ3) is 3.46. The number of amides is 1. The van der Waals surface area contributed by atoms with Crippen molar-refractivity contribution in [2.75, 3.05) is 7.05 Å². The van der Waals surface area contributed by atoms with Crippen LogP contribution in [0, 0.1) is 6.92 Å². The quantitative estimate of drug-likeness (QED) is 0.720. The highest BCUT2D eigenvalue weighted by atomic mass is 35.5. The lowest BCUT2D eigenvalue weighted by molar-refractivity contribution is 0.0770. The molecule has 1 heterocycles. The maximum absolute atomic E-state index is 12.4. The maximum Gasteiger partial charge on any atom is 0.255 e. The van der Waals surface area contributed by atoms with Crippen LogP contribution in [-0.2, 0) is 6.54 Å². The van der Waals surface area contributed by atoms with Gasteiger partial charge in [-0.25, -0.2) is 0 Å². The normalized spacial score (nSPS) is 10.6. The summed E-state index contributed by atoms with van der Waals surface area (Å²) in [6, 6.07) is 14.8. The molecular weight excluding hydrogens is 326 g/mol. The van der Waals surface area contributed by atoms with Crippen molar-refractivity contribution in [3.8, 4) is 11.4 Å². The van der Waals surface area contributed by atoms with Crippen molar-refractivity contribution in [2.24, 2.45) is 0 Å². The van der Waals surface area contributed by atoms with E-state index in [2.05, 4.69) is 10.1 Å². The fourth-order valence-corrected chi connectivity index (χ4v) is 2.55. The molecule has 0 aliphatic heterocycles. The smallest absolute Gasteiger partial charge is 0.255 e. The van der Waals surface area contributed by atoms with E-state index in [4.69, 9.17) is 16.1 Å². The highest BCUT2D eigenvalue weighted by Gasteiger charge is 2.18. The third-order valence-corrected chi connectivity index (χ3v) is 3.90. The highest BCUT2D eigenvalue weighted by molar-refractivity contribution is 6.33. The fraction of sp³-hybridized carbons (Fsp3) is 0.167. The largest absolute Gasteiger partial charge is 0.337 e. The average molecular weight is 342 g/mol. The van der Waals surface area contributed by atoms with Crippen molar-refractivity contribution in [1.82, 2.24) is 15.0 Å². The number of hydrogen-bond acceptors (Lipinski definition) is 4. The summed E-state index contributed by atoms with van der Waals surface area (Å²) in [5.41, 5.74) is 2.44. The van der Waals surface area contributed by atoms with Gasteiger partial charge in [-0.1, -0.05) is 52.7 Å². The van der Waals surface area contributed by atoms with Gasteiger partial charge in [-0.3, -0.25) is 4.79 Å². The minimum atomic E-state index is -0.198. The molecule has 0 saturated carbocycles. The first-order valence-electron chi connectivity index (χ1n) is 7.44. The summed E-state index contributed by atoms with van der Waals surface area (Å²) in [6.45, 7) is 2.21. The predicted octanol–water partition coefficient (Wildman–Crippen LogP) is 3.97. The zero-order chi connectivity index (χ0) is 17.1. The molecule has 3 rings (SSSR count). The van der Waals surface area contributed by atoms with E-state index < -0.39 is 0 Å². The molecule has 1 aromatic heterocycles. The molecule has 0 radical (unpaired) electrons. The van der Waals surface area contributed by atoms with E-state index in [0.717, 1.165) is 11.1 Å². The Balaban J connectivity index is 1.75. The molecule has 0 N–H and O–H groups in total. The Morgan fingerprint density at radius 1 is 1.21 bits per heavy atom. The molecule has 0 unspecified atom stereocenters. The van der Waals surface area contributed by atoms with Crippen molar-refractivity contribution in [3.05, 3.63) is 70.6 Å². The SMILES string of the molecule is Cc1cccc(-c2noc(CN(C)C(=O)c3ccccc3Cl)n2)c1. The van der Waals surface area contributed by atoms with E-state index in [1.165, 1.54) is 4.90 Å². The Hall–Kier alpha value is -2.66. The van der Waals surface area contributed by atoms with Crippen LogP contribution in [0.1, 0.15) is 21.8 Å². The third-order valence-electron chi connectivity index (χ3n) is 3.57. The molecule has 2 aromatic carbocycles. The van der Waals surface area contributed by atoms with E-state index in [9.17, 15) is 4.79 Å². The van der Waals surface area contributed by atoms with Gasteiger partial charge < -0.3 is 9.42 Å². The molecule has 6 heteroatoms. The molecule has 0 aliphatic rings. The van der Waals surface area contributed by atoms with Crippen molar-refractivity contribution in [3.63, 3.8) is 0 Å². The molecule has 0 atom stereocenters. The van der Waals surface area contributed by atoms with Gasteiger partial charge in [-0.05, 0) is 25.1 Å². The lowest BCUT2D eigenvalue weighted by atomic mass is 10.1. The number of hydrogen-bond donors (Lipinski definition) is 0. The first-order chi connectivity index (χ1) is 11.5. The van der Waals surface area contributed by atoms with Gasteiger partial charge in [0.25, 0.3) is 5.91 Å². The summed E-state index contributed by atoms with van der Waals surface area (Å²) in [5.74, 6) is 0.678. The second-order valence-corrected chi connectivity index (χ2v) is 5.93. The van der Waals surface area contributed by atoms with Gasteiger partial charge >= 0.3 is 0 Å².